The minimum atomic E-state index is -5.02. The minimum absolute atomic E-state index is 0.178. The first-order valence-electron chi connectivity index (χ1n) is 9.11. The Hall–Kier alpha value is -2.54. The summed E-state index contributed by atoms with van der Waals surface area (Å²) >= 11 is 0. The average molecular weight is 486 g/mol. The molecule has 0 aliphatic carbocycles. The fourth-order valence-corrected chi connectivity index (χ4v) is 4.22. The summed E-state index contributed by atoms with van der Waals surface area (Å²) in [4.78, 5) is -0.836. The quantitative estimate of drug-likeness (QED) is 0.597. The number of anilines is 1. The molecule has 2 aromatic carbocycles. The molecule has 13 heteroatoms. The van der Waals surface area contributed by atoms with E-state index in [4.69, 9.17) is 4.74 Å². The molecule has 2 aromatic rings. The van der Waals surface area contributed by atoms with Gasteiger partial charge in [0, 0.05) is 19.0 Å². The fourth-order valence-electron chi connectivity index (χ4n) is 3.16. The van der Waals surface area contributed by atoms with Gasteiger partial charge in [0.05, 0.1) is 21.7 Å². The van der Waals surface area contributed by atoms with Crippen LogP contribution in [0.2, 0.25) is 0 Å². The molecule has 0 unspecified atom stereocenters. The van der Waals surface area contributed by atoms with Crippen molar-refractivity contribution in [3.8, 4) is 5.75 Å². The van der Waals surface area contributed by atoms with E-state index >= 15 is 0 Å². The summed E-state index contributed by atoms with van der Waals surface area (Å²) in [6.07, 6.45) is -9.40. The number of sulfonamides is 1. The topological polar surface area (TPSA) is 67.4 Å². The monoisotopic (exact) mass is 486 g/mol. The summed E-state index contributed by atoms with van der Waals surface area (Å²) in [5.41, 5.74) is -4.09. The molecule has 0 amide bonds. The summed E-state index contributed by atoms with van der Waals surface area (Å²) in [5, 5.41) is 2.95. The van der Waals surface area contributed by atoms with E-state index in [1.165, 1.54) is 0 Å². The Kier molecular flexibility index (Phi) is 6.11. The minimum Gasteiger partial charge on any atom is -0.485 e. The molecule has 176 valence electrons. The number of benzene rings is 2. The van der Waals surface area contributed by atoms with Crippen molar-refractivity contribution in [3.63, 3.8) is 0 Å². The third kappa shape index (κ3) is 5.26. The molecule has 1 atom stereocenters. The van der Waals surface area contributed by atoms with Gasteiger partial charge in [0.25, 0.3) is 10.0 Å². The summed E-state index contributed by atoms with van der Waals surface area (Å²) in [6.45, 7) is 2.38. The molecule has 0 saturated carbocycles. The van der Waals surface area contributed by atoms with E-state index in [0.29, 0.717) is 25.1 Å². The van der Waals surface area contributed by atoms with Crippen LogP contribution in [0.15, 0.2) is 41.3 Å². The molecule has 2 N–H and O–H groups in total. The van der Waals surface area contributed by atoms with E-state index in [9.17, 15) is 39.2 Å². The lowest BCUT2D eigenvalue weighted by Gasteiger charge is -2.27. The molecule has 32 heavy (non-hydrogen) atoms. The van der Waals surface area contributed by atoms with Gasteiger partial charge in [-0.05, 0) is 43.8 Å². The zero-order chi connectivity index (χ0) is 23.9. The van der Waals surface area contributed by atoms with Crippen LogP contribution in [-0.2, 0) is 22.4 Å². The second kappa shape index (κ2) is 8.10. The third-order valence-corrected chi connectivity index (χ3v) is 6.16. The van der Waals surface area contributed by atoms with E-state index in [1.54, 1.807) is 6.92 Å². The van der Waals surface area contributed by atoms with Crippen molar-refractivity contribution in [1.82, 2.24) is 5.32 Å². The van der Waals surface area contributed by atoms with Crippen molar-refractivity contribution in [2.24, 2.45) is 0 Å². The van der Waals surface area contributed by atoms with E-state index in [2.05, 4.69) is 5.32 Å². The standard InChI is InChI=1S/C19H17F7N2O3S/c1-17(6-7-27-10-17)31-16-8-11(2-4-14(16)19(24,25)26)28-32(29,30)12-3-5-13(15(20)9-12)18(21,22)23/h2-5,8-9,27-28H,6-7,10H2,1H3/t17-/m1/s1. The SMILES string of the molecule is C[C@@]1(Oc2cc(NS(=O)(=O)c3ccc(C(F)(F)F)c(F)c3)ccc2C(F)(F)F)CCNC1. The highest BCUT2D eigenvalue weighted by atomic mass is 32.2. The average Bonchev–Trinajstić information content (AvgIpc) is 3.05. The van der Waals surface area contributed by atoms with Gasteiger partial charge in [-0.15, -0.1) is 0 Å². The molecule has 5 nitrogen and oxygen atoms in total. The lowest BCUT2D eigenvalue weighted by Crippen LogP contribution is -2.35. The molecular weight excluding hydrogens is 469 g/mol. The fraction of sp³-hybridized carbons (Fsp3) is 0.368. The van der Waals surface area contributed by atoms with Crippen LogP contribution in [-0.4, -0.2) is 27.1 Å². The van der Waals surface area contributed by atoms with Gasteiger partial charge in [-0.1, -0.05) is 0 Å². The number of nitrogens with one attached hydrogen (secondary N) is 2. The first kappa shape index (κ1) is 24.1. The van der Waals surface area contributed by atoms with Gasteiger partial charge in [0.1, 0.15) is 17.2 Å². The van der Waals surface area contributed by atoms with Crippen LogP contribution in [0, 0.1) is 5.82 Å². The number of halogens is 7. The van der Waals surface area contributed by atoms with Crippen molar-refractivity contribution >= 4 is 15.7 Å². The number of rotatable bonds is 5. The van der Waals surface area contributed by atoms with Crippen molar-refractivity contribution in [2.75, 3.05) is 17.8 Å². The zero-order valence-corrected chi connectivity index (χ0v) is 17.2. The second-order valence-corrected chi connectivity index (χ2v) is 9.11. The highest BCUT2D eigenvalue weighted by Gasteiger charge is 2.39. The third-order valence-electron chi connectivity index (χ3n) is 4.78. The van der Waals surface area contributed by atoms with Crippen LogP contribution >= 0.6 is 0 Å². The zero-order valence-electron chi connectivity index (χ0n) is 16.4. The molecule has 3 rings (SSSR count). The van der Waals surface area contributed by atoms with Crippen LogP contribution < -0.4 is 14.8 Å². The molecule has 0 bridgehead atoms. The first-order valence-corrected chi connectivity index (χ1v) is 10.6. The Morgan fingerprint density at radius 3 is 2.16 bits per heavy atom. The molecule has 1 fully saturated rings. The van der Waals surface area contributed by atoms with Crippen LogP contribution in [0.3, 0.4) is 0 Å². The predicted molar refractivity (Wildman–Crippen MR) is 100 cm³/mol. The summed E-state index contributed by atoms with van der Waals surface area (Å²) in [7, 11) is -4.61. The lowest BCUT2D eigenvalue weighted by atomic mass is 10.1. The predicted octanol–water partition coefficient (Wildman–Crippen LogP) is 4.79. The maximum absolute atomic E-state index is 13.8. The second-order valence-electron chi connectivity index (χ2n) is 7.43. The molecule has 0 radical (unpaired) electrons. The highest BCUT2D eigenvalue weighted by Crippen LogP contribution is 2.40. The van der Waals surface area contributed by atoms with E-state index in [0.717, 1.165) is 12.1 Å². The van der Waals surface area contributed by atoms with Gasteiger partial charge in [0.2, 0.25) is 0 Å². The number of alkyl halides is 6. The van der Waals surface area contributed by atoms with Gasteiger partial charge in [-0.25, -0.2) is 12.8 Å². The van der Waals surface area contributed by atoms with E-state index in [-0.39, 0.29) is 24.4 Å². The van der Waals surface area contributed by atoms with Crippen LogP contribution in [0.25, 0.3) is 0 Å². The first-order chi connectivity index (χ1) is 14.6. The van der Waals surface area contributed by atoms with Crippen molar-refractivity contribution in [2.45, 2.75) is 36.2 Å². The summed E-state index contributed by atoms with van der Waals surface area (Å²) in [5.74, 6) is -2.43. The van der Waals surface area contributed by atoms with Crippen molar-refractivity contribution < 1.29 is 43.9 Å². The molecule has 0 aromatic heterocycles. The molecule has 1 aliphatic heterocycles. The summed E-state index contributed by atoms with van der Waals surface area (Å²) < 4.78 is 124. The Morgan fingerprint density at radius 1 is 1.00 bits per heavy atom. The van der Waals surface area contributed by atoms with Crippen LogP contribution in [0.1, 0.15) is 24.5 Å². The molecule has 1 heterocycles. The number of hydrogen-bond acceptors (Lipinski definition) is 4. The highest BCUT2D eigenvalue weighted by molar-refractivity contribution is 7.92. The molecule has 1 saturated heterocycles. The lowest BCUT2D eigenvalue weighted by molar-refractivity contribution is -0.140. The molecule has 1 aliphatic rings. The van der Waals surface area contributed by atoms with Crippen LogP contribution in [0.5, 0.6) is 5.75 Å². The van der Waals surface area contributed by atoms with Crippen molar-refractivity contribution in [1.29, 1.82) is 0 Å². The maximum atomic E-state index is 13.8. The normalized spacial score (nSPS) is 19.8. The Bertz CT molecular complexity index is 1110. The van der Waals surface area contributed by atoms with E-state index < -0.39 is 55.6 Å². The summed E-state index contributed by atoms with van der Waals surface area (Å²) in [6, 6.07) is 3.25. The van der Waals surface area contributed by atoms with Gasteiger partial charge in [0.15, 0.2) is 0 Å². The Morgan fingerprint density at radius 2 is 1.62 bits per heavy atom. The maximum Gasteiger partial charge on any atom is 0.419 e. The van der Waals surface area contributed by atoms with Crippen molar-refractivity contribution in [3.05, 3.63) is 53.3 Å². The van der Waals surface area contributed by atoms with Gasteiger partial charge in [-0.2, -0.15) is 26.3 Å². The number of hydrogen-bond donors (Lipinski definition) is 2. The number of ether oxygens (including phenoxy) is 1. The van der Waals surface area contributed by atoms with E-state index in [1.807, 2.05) is 4.72 Å². The Labute approximate surface area is 178 Å². The van der Waals surface area contributed by atoms with Crippen LogP contribution in [0.4, 0.5) is 36.4 Å². The Balaban J connectivity index is 1.94. The molecular formula is C19H17F7N2O3S. The van der Waals surface area contributed by atoms with Gasteiger partial charge in [-0.3, -0.25) is 4.72 Å². The van der Waals surface area contributed by atoms with Gasteiger partial charge < -0.3 is 10.1 Å². The smallest absolute Gasteiger partial charge is 0.419 e. The van der Waals surface area contributed by atoms with Gasteiger partial charge >= 0.3 is 12.4 Å². The largest absolute Gasteiger partial charge is 0.485 e. The molecule has 0 spiro atoms.